The third kappa shape index (κ3) is 4.99. The highest BCUT2D eigenvalue weighted by Crippen LogP contribution is 2.47. The molecule has 4 aliphatic rings. The van der Waals surface area contributed by atoms with E-state index in [4.69, 9.17) is 4.74 Å². The number of carbonyl (C=O) groups is 3. The van der Waals surface area contributed by atoms with Gasteiger partial charge in [0.15, 0.2) is 0 Å². The summed E-state index contributed by atoms with van der Waals surface area (Å²) in [6.45, 7) is 5.39. The summed E-state index contributed by atoms with van der Waals surface area (Å²) < 4.78 is 5.91. The van der Waals surface area contributed by atoms with Crippen molar-refractivity contribution in [3.05, 3.63) is 71.8 Å². The molecule has 4 atom stereocenters. The molecule has 0 radical (unpaired) electrons. The van der Waals surface area contributed by atoms with E-state index in [9.17, 15) is 14.4 Å². The van der Waals surface area contributed by atoms with Crippen LogP contribution in [-0.2, 0) is 9.59 Å². The number of amides is 4. The van der Waals surface area contributed by atoms with Gasteiger partial charge >= 0.3 is 6.03 Å². The molecule has 6 rings (SSSR count). The number of likely N-dealkylation sites (tertiary alicyclic amines) is 1. The number of pyridine rings is 1. The zero-order valence-corrected chi connectivity index (χ0v) is 22.2. The molecule has 10 nitrogen and oxygen atoms in total. The van der Waals surface area contributed by atoms with E-state index >= 15 is 0 Å². The van der Waals surface area contributed by atoms with Crippen LogP contribution in [0.5, 0.6) is 11.6 Å². The second kappa shape index (κ2) is 10.7. The van der Waals surface area contributed by atoms with Gasteiger partial charge in [0.05, 0.1) is 16.3 Å². The van der Waals surface area contributed by atoms with E-state index in [1.165, 1.54) is 17.8 Å². The predicted molar refractivity (Wildman–Crippen MR) is 148 cm³/mol. The monoisotopic (exact) mass is 546 g/mol. The second-order valence-electron chi connectivity index (χ2n) is 9.97. The summed E-state index contributed by atoms with van der Waals surface area (Å²) in [5, 5.41) is 9.59. The fraction of sp³-hybridized carbons (Fsp3) is 0.357. The van der Waals surface area contributed by atoms with E-state index in [-0.39, 0.29) is 41.2 Å². The Hall–Kier alpha value is -3.83. The normalized spacial score (nSPS) is 26.0. The van der Waals surface area contributed by atoms with Crippen LogP contribution in [0.3, 0.4) is 0 Å². The van der Waals surface area contributed by atoms with Crippen molar-refractivity contribution in [2.75, 3.05) is 24.5 Å². The first-order chi connectivity index (χ1) is 19.0. The van der Waals surface area contributed by atoms with Gasteiger partial charge in [-0.2, -0.15) is 4.98 Å². The lowest BCUT2D eigenvalue weighted by molar-refractivity contribution is -0.128. The molecule has 3 saturated heterocycles. The third-order valence-electron chi connectivity index (χ3n) is 7.51. The maximum absolute atomic E-state index is 13.5. The molecule has 3 fully saturated rings. The first-order valence-corrected chi connectivity index (χ1v) is 14.1. The van der Waals surface area contributed by atoms with E-state index in [1.54, 1.807) is 21.9 Å². The number of urea groups is 1. The van der Waals surface area contributed by atoms with E-state index in [0.717, 1.165) is 19.3 Å². The van der Waals surface area contributed by atoms with Gasteiger partial charge in [-0.3, -0.25) is 14.5 Å². The average Bonchev–Trinajstić information content (AvgIpc) is 3.33. The number of nitrogens with zero attached hydrogens (tertiary/aromatic N) is 3. The summed E-state index contributed by atoms with van der Waals surface area (Å²) in [7, 11) is 0. The molecule has 2 aromatic rings. The quantitative estimate of drug-likeness (QED) is 0.477. The van der Waals surface area contributed by atoms with Crippen LogP contribution in [0.4, 0.5) is 10.6 Å². The fourth-order valence-corrected chi connectivity index (χ4v) is 7.17. The van der Waals surface area contributed by atoms with Crippen molar-refractivity contribution in [3.63, 3.8) is 0 Å². The minimum absolute atomic E-state index is 0.0449. The van der Waals surface area contributed by atoms with Crippen LogP contribution >= 0.6 is 11.8 Å². The number of benzene rings is 1. The molecule has 0 spiro atoms. The topological polar surface area (TPSA) is 116 Å². The summed E-state index contributed by atoms with van der Waals surface area (Å²) in [5.41, 5.74) is 0.660. The van der Waals surface area contributed by atoms with Crippen molar-refractivity contribution < 1.29 is 19.1 Å². The van der Waals surface area contributed by atoms with Crippen LogP contribution in [0.1, 0.15) is 19.3 Å². The van der Waals surface area contributed by atoms with Gasteiger partial charge in [0.2, 0.25) is 11.8 Å². The predicted octanol–water partition coefficient (Wildman–Crippen LogP) is 2.96. The van der Waals surface area contributed by atoms with Gasteiger partial charge in [-0.15, -0.1) is 0 Å². The van der Waals surface area contributed by atoms with Crippen molar-refractivity contribution in [2.24, 2.45) is 5.92 Å². The van der Waals surface area contributed by atoms with Crippen molar-refractivity contribution >= 4 is 35.4 Å². The summed E-state index contributed by atoms with van der Waals surface area (Å²) in [6.07, 6.45) is 3.63. The van der Waals surface area contributed by atoms with Crippen LogP contribution in [-0.4, -0.2) is 64.8 Å². The molecule has 4 amide bonds. The Morgan fingerprint density at radius 3 is 2.82 bits per heavy atom. The molecule has 1 aromatic carbocycles. The maximum atomic E-state index is 13.5. The molecule has 5 heterocycles. The van der Waals surface area contributed by atoms with Gasteiger partial charge in [-0.05, 0) is 50.1 Å². The van der Waals surface area contributed by atoms with Crippen molar-refractivity contribution in [1.82, 2.24) is 25.8 Å². The molecule has 202 valence electrons. The molecular formula is C28H30N6O4S. The lowest BCUT2D eigenvalue weighted by Gasteiger charge is -2.45. The second-order valence-corrected chi connectivity index (χ2v) is 11.1. The molecule has 0 saturated carbocycles. The number of aromatic nitrogens is 1. The van der Waals surface area contributed by atoms with Gasteiger partial charge in [0.1, 0.15) is 11.6 Å². The van der Waals surface area contributed by atoms with Crippen LogP contribution in [0.15, 0.2) is 71.8 Å². The number of nitrogens with one attached hydrogen (secondary N) is 3. The lowest BCUT2D eigenvalue weighted by Crippen LogP contribution is -2.62. The van der Waals surface area contributed by atoms with Crippen molar-refractivity contribution in [2.45, 2.75) is 36.7 Å². The van der Waals surface area contributed by atoms with Gasteiger partial charge < -0.3 is 25.6 Å². The highest BCUT2D eigenvalue weighted by molar-refractivity contribution is 8.04. The van der Waals surface area contributed by atoms with Gasteiger partial charge in [-0.25, -0.2) is 4.79 Å². The number of piperidine rings is 2. The average molecular weight is 547 g/mol. The smallest absolute Gasteiger partial charge is 0.327 e. The molecule has 0 aliphatic carbocycles. The van der Waals surface area contributed by atoms with Crippen LogP contribution in [0, 0.1) is 5.92 Å². The number of anilines is 1. The van der Waals surface area contributed by atoms with Gasteiger partial charge in [0, 0.05) is 36.8 Å². The van der Waals surface area contributed by atoms with E-state index < -0.39 is 0 Å². The first kappa shape index (κ1) is 25.4. The molecule has 4 aliphatic heterocycles. The van der Waals surface area contributed by atoms with Crippen LogP contribution in [0.25, 0.3) is 0 Å². The van der Waals surface area contributed by atoms with E-state index in [2.05, 4.69) is 27.5 Å². The summed E-state index contributed by atoms with van der Waals surface area (Å²) >= 11 is 1.46. The van der Waals surface area contributed by atoms with Gasteiger partial charge in [0.25, 0.3) is 5.91 Å². The van der Waals surface area contributed by atoms with E-state index in [0.29, 0.717) is 47.7 Å². The van der Waals surface area contributed by atoms with Crippen molar-refractivity contribution in [3.8, 4) is 11.6 Å². The van der Waals surface area contributed by atoms with Crippen LogP contribution in [0.2, 0.25) is 0 Å². The minimum Gasteiger partial charge on any atom is -0.439 e. The Bertz CT molecular complexity index is 1330. The number of thioether (sulfide) groups is 1. The van der Waals surface area contributed by atoms with E-state index in [1.807, 2.05) is 36.4 Å². The molecule has 39 heavy (non-hydrogen) atoms. The maximum Gasteiger partial charge on any atom is 0.327 e. The Morgan fingerprint density at radius 1 is 1.15 bits per heavy atom. The van der Waals surface area contributed by atoms with Gasteiger partial charge in [-0.1, -0.05) is 42.6 Å². The number of rotatable bonds is 6. The Kier molecular flexibility index (Phi) is 7.01. The summed E-state index contributed by atoms with van der Waals surface area (Å²) in [6, 6.07) is 14.1. The Morgan fingerprint density at radius 2 is 2.00 bits per heavy atom. The Labute approximate surface area is 230 Å². The third-order valence-corrected chi connectivity index (χ3v) is 8.87. The lowest BCUT2D eigenvalue weighted by atomic mass is 9.86. The molecule has 3 unspecified atom stereocenters. The first-order valence-electron chi connectivity index (χ1n) is 13.2. The zero-order valence-electron chi connectivity index (χ0n) is 21.3. The molecule has 1 aromatic heterocycles. The number of hydrogen-bond acceptors (Lipinski definition) is 7. The number of hydrogen-bond donors (Lipinski definition) is 3. The molecule has 3 N–H and O–H groups in total. The highest BCUT2D eigenvalue weighted by atomic mass is 32.2. The zero-order chi connectivity index (χ0) is 26.9. The standard InChI is InChI=1S/C28H30N6O4S/c1-2-22(35)33-15-7-8-17(16-33)30-26(36)25-24-23-19(13-14-29-27(23)39-25)34(28(37)32-24)20-11-6-12-21(31-20)38-18-9-4-3-5-10-18/h2-6,9-12,17,19,23,27,29H,1,7-8,13-16H2,(H,30,36)(H,32,37)/t17-,19?,23?,27?/m1/s1. The number of ether oxygens (including phenoxy) is 1. The highest BCUT2D eigenvalue weighted by Gasteiger charge is 2.52. The SMILES string of the molecule is C=CC(=O)N1CCC[C@@H](NC(=O)C2=C3NC(=O)N(c4cccc(Oc5ccccc5)n4)C4CCNC(S2)C34)C1. The van der Waals surface area contributed by atoms with Crippen molar-refractivity contribution in [1.29, 1.82) is 0 Å². The van der Waals surface area contributed by atoms with Crippen LogP contribution < -0.4 is 25.6 Å². The summed E-state index contributed by atoms with van der Waals surface area (Å²) in [5.74, 6) is 1.13. The summed E-state index contributed by atoms with van der Waals surface area (Å²) in [4.78, 5) is 47.6. The Balaban J connectivity index is 1.22. The molecular weight excluding hydrogens is 516 g/mol. The fourth-order valence-electron chi connectivity index (χ4n) is 5.77. The largest absolute Gasteiger partial charge is 0.439 e. The number of carbonyl (C=O) groups excluding carboxylic acids is 3. The minimum atomic E-state index is -0.315. The molecule has 0 bridgehead atoms. The molecule has 11 heteroatoms. The number of para-hydroxylation sites is 1.